The lowest BCUT2D eigenvalue weighted by molar-refractivity contribution is 0.241. The first-order chi connectivity index (χ1) is 24.0. The number of likely N-dealkylation sites (N-methyl/N-ethyl adjacent to an activating group) is 2. The van der Waals surface area contributed by atoms with Gasteiger partial charge in [-0.1, -0.05) is 72.8 Å². The summed E-state index contributed by atoms with van der Waals surface area (Å²) in [5, 5.41) is 2.73. The van der Waals surface area contributed by atoms with E-state index in [1.807, 2.05) is 0 Å². The van der Waals surface area contributed by atoms with E-state index in [1.54, 1.807) is 0 Å². The molecule has 0 radical (unpaired) electrons. The number of para-hydroxylation sites is 4. The smallest absolute Gasteiger partial charge is 0.0535 e. The zero-order valence-electron chi connectivity index (χ0n) is 28.8. The summed E-state index contributed by atoms with van der Waals surface area (Å²) in [5.74, 6) is 0. The Hall–Kier alpha value is -5.10. The summed E-state index contributed by atoms with van der Waals surface area (Å²) >= 11 is 0. The third-order valence-corrected chi connectivity index (χ3v) is 11.3. The van der Waals surface area contributed by atoms with Crippen LogP contribution in [0, 0.1) is 0 Å². The minimum Gasteiger partial charge on any atom is -0.312 e. The fourth-order valence-corrected chi connectivity index (χ4v) is 8.56. The highest BCUT2D eigenvalue weighted by Crippen LogP contribution is 2.44. The van der Waals surface area contributed by atoms with E-state index in [9.17, 15) is 0 Å². The maximum atomic E-state index is 2.57. The van der Waals surface area contributed by atoms with Crippen LogP contribution in [0.1, 0.15) is 48.4 Å². The van der Waals surface area contributed by atoms with Crippen LogP contribution in [-0.4, -0.2) is 46.1 Å². The molecule has 0 saturated heterocycles. The second-order valence-electron chi connectivity index (χ2n) is 14.0. The van der Waals surface area contributed by atoms with Crippen molar-refractivity contribution in [2.24, 2.45) is 0 Å². The van der Waals surface area contributed by atoms with Crippen molar-refractivity contribution >= 4 is 38.9 Å². The van der Waals surface area contributed by atoms with E-state index in [0.717, 1.165) is 43.0 Å². The molecular formula is C44H43N5. The Labute approximate surface area is 289 Å². The lowest BCUT2D eigenvalue weighted by Gasteiger charge is -2.33. The molecule has 0 bridgehead atoms. The molecule has 2 aromatic heterocycles. The van der Waals surface area contributed by atoms with Gasteiger partial charge in [0.25, 0.3) is 0 Å². The Kier molecular flexibility index (Phi) is 7.22. The summed E-state index contributed by atoms with van der Waals surface area (Å²) in [6.07, 6.45) is 2.10. The number of hydrogen-bond donors (Lipinski definition) is 0. The Balaban J connectivity index is 1.40. The normalized spacial score (nSPS) is 18.1. The molecule has 5 aromatic carbocycles. The summed E-state index contributed by atoms with van der Waals surface area (Å²) in [7, 11) is 4.53. The van der Waals surface area contributed by atoms with E-state index in [1.165, 1.54) is 55.7 Å². The third kappa shape index (κ3) is 4.75. The van der Waals surface area contributed by atoms with Gasteiger partial charge in [0, 0.05) is 58.7 Å². The molecule has 7 aromatic rings. The molecule has 2 unspecified atom stereocenters. The first-order valence-electron chi connectivity index (χ1n) is 17.7. The lowest BCUT2D eigenvalue weighted by Crippen LogP contribution is -2.31. The maximum absolute atomic E-state index is 2.57. The Morgan fingerprint density at radius 2 is 0.898 bits per heavy atom. The van der Waals surface area contributed by atoms with Crippen LogP contribution in [0.4, 0.5) is 17.1 Å². The van der Waals surface area contributed by atoms with Gasteiger partial charge in [-0.15, -0.1) is 0 Å². The van der Waals surface area contributed by atoms with Gasteiger partial charge >= 0.3 is 0 Å². The van der Waals surface area contributed by atoms with Crippen LogP contribution in [-0.2, 0) is 12.8 Å². The van der Waals surface area contributed by atoms with Crippen molar-refractivity contribution in [3.05, 3.63) is 150 Å². The van der Waals surface area contributed by atoms with Gasteiger partial charge in [-0.25, -0.2) is 0 Å². The standard InChI is InChI=1S/C44H43N5/c1-30-43-39(23-25-45(30)3)37-19-11-13-21-41(37)48(43)35-27-34(47(32-15-7-5-8-16-32)33-17-9-6-10-18-33)28-36(29-35)49-42-22-14-12-20-38(42)40-24-26-46(4)31(2)44(40)49/h5-22,27-31H,23-26H2,1-4H3. The predicted octanol–water partition coefficient (Wildman–Crippen LogP) is 10.1. The predicted molar refractivity (Wildman–Crippen MR) is 204 cm³/mol. The SMILES string of the molecule is CC1c2c(c3ccccc3n2-c2cc(N(c3ccccc3)c3ccccc3)cc(-n3c4c(c5ccccc53)CCN(C)C4C)c2)CCN1C. The van der Waals surface area contributed by atoms with Gasteiger partial charge in [0.1, 0.15) is 0 Å². The minimum atomic E-state index is 0.288. The van der Waals surface area contributed by atoms with Crippen LogP contribution in [0.25, 0.3) is 33.2 Å². The second-order valence-corrected chi connectivity index (χ2v) is 14.0. The highest BCUT2D eigenvalue weighted by atomic mass is 15.2. The highest BCUT2D eigenvalue weighted by Gasteiger charge is 2.31. The first kappa shape index (κ1) is 30.0. The molecule has 0 amide bonds. The summed E-state index contributed by atoms with van der Waals surface area (Å²) in [4.78, 5) is 7.40. The van der Waals surface area contributed by atoms with Gasteiger partial charge < -0.3 is 14.0 Å². The summed E-state index contributed by atoms with van der Waals surface area (Å²) < 4.78 is 5.14. The topological polar surface area (TPSA) is 19.6 Å². The molecule has 0 saturated carbocycles. The fourth-order valence-electron chi connectivity index (χ4n) is 8.56. The van der Waals surface area contributed by atoms with E-state index in [0.29, 0.717) is 0 Å². The minimum absolute atomic E-state index is 0.288. The van der Waals surface area contributed by atoms with Crippen molar-refractivity contribution < 1.29 is 0 Å². The maximum Gasteiger partial charge on any atom is 0.0535 e. The van der Waals surface area contributed by atoms with Crippen LogP contribution in [0.15, 0.2) is 127 Å². The molecule has 9 rings (SSSR count). The van der Waals surface area contributed by atoms with E-state index >= 15 is 0 Å². The van der Waals surface area contributed by atoms with Gasteiger partial charge in [0.15, 0.2) is 0 Å². The molecule has 244 valence electrons. The van der Waals surface area contributed by atoms with E-state index < -0.39 is 0 Å². The summed E-state index contributed by atoms with van der Waals surface area (Å²) in [6.45, 7) is 6.86. The van der Waals surface area contributed by atoms with Gasteiger partial charge in [-0.05, 0) is 107 Å². The molecule has 4 heterocycles. The molecule has 49 heavy (non-hydrogen) atoms. The molecule has 2 aliphatic rings. The zero-order valence-corrected chi connectivity index (χ0v) is 28.8. The summed E-state index contributed by atoms with van der Waals surface area (Å²) in [6, 6.07) is 47.5. The van der Waals surface area contributed by atoms with E-state index in [-0.39, 0.29) is 12.1 Å². The van der Waals surface area contributed by atoms with Crippen molar-refractivity contribution in [2.45, 2.75) is 38.8 Å². The Bertz CT molecular complexity index is 2160. The largest absolute Gasteiger partial charge is 0.312 e. The monoisotopic (exact) mass is 641 g/mol. The van der Waals surface area contributed by atoms with Crippen molar-refractivity contribution in [2.75, 3.05) is 32.1 Å². The van der Waals surface area contributed by atoms with Crippen LogP contribution in [0.5, 0.6) is 0 Å². The quantitative estimate of drug-likeness (QED) is 0.187. The van der Waals surface area contributed by atoms with Crippen LogP contribution >= 0.6 is 0 Å². The third-order valence-electron chi connectivity index (χ3n) is 11.3. The fraction of sp³-hybridized carbons (Fsp3) is 0.227. The molecule has 0 aliphatic carbocycles. The van der Waals surface area contributed by atoms with Gasteiger partial charge in [0.05, 0.1) is 28.1 Å². The Morgan fingerprint density at radius 1 is 0.490 bits per heavy atom. The number of rotatable bonds is 5. The molecule has 2 atom stereocenters. The van der Waals surface area contributed by atoms with Crippen LogP contribution < -0.4 is 4.90 Å². The van der Waals surface area contributed by atoms with E-state index in [2.05, 4.69) is 179 Å². The van der Waals surface area contributed by atoms with Crippen molar-refractivity contribution in [1.82, 2.24) is 18.9 Å². The molecule has 2 aliphatic heterocycles. The number of hydrogen-bond acceptors (Lipinski definition) is 3. The molecule has 0 spiro atoms. The average molecular weight is 642 g/mol. The average Bonchev–Trinajstić information content (AvgIpc) is 3.66. The number of benzene rings is 5. The van der Waals surface area contributed by atoms with Gasteiger partial charge in [0.2, 0.25) is 0 Å². The van der Waals surface area contributed by atoms with Crippen LogP contribution in [0.3, 0.4) is 0 Å². The number of nitrogens with zero attached hydrogens (tertiary/aromatic N) is 5. The molecule has 5 nitrogen and oxygen atoms in total. The number of fused-ring (bicyclic) bond motifs is 6. The molecule has 0 N–H and O–H groups in total. The van der Waals surface area contributed by atoms with Gasteiger partial charge in [-0.2, -0.15) is 0 Å². The second kappa shape index (κ2) is 11.8. The Morgan fingerprint density at radius 3 is 1.35 bits per heavy atom. The zero-order chi connectivity index (χ0) is 33.2. The lowest BCUT2D eigenvalue weighted by atomic mass is 9.98. The highest BCUT2D eigenvalue weighted by molar-refractivity contribution is 5.91. The van der Waals surface area contributed by atoms with Gasteiger partial charge in [-0.3, -0.25) is 9.80 Å². The number of anilines is 3. The summed E-state index contributed by atoms with van der Waals surface area (Å²) in [5.41, 5.74) is 14.1. The van der Waals surface area contributed by atoms with Crippen molar-refractivity contribution in [1.29, 1.82) is 0 Å². The first-order valence-corrected chi connectivity index (χ1v) is 17.7. The molecular weight excluding hydrogens is 599 g/mol. The van der Waals surface area contributed by atoms with Crippen LogP contribution in [0.2, 0.25) is 0 Å². The number of aromatic nitrogens is 2. The molecule has 0 fully saturated rings. The van der Waals surface area contributed by atoms with Crippen molar-refractivity contribution in [3.63, 3.8) is 0 Å². The molecule has 5 heteroatoms. The van der Waals surface area contributed by atoms with Crippen molar-refractivity contribution in [3.8, 4) is 11.4 Å². The van der Waals surface area contributed by atoms with E-state index in [4.69, 9.17) is 0 Å².